The number of nitrogens with zero attached hydrogens (tertiary/aromatic N) is 3. The summed E-state index contributed by atoms with van der Waals surface area (Å²) in [5, 5.41) is 0.572. The van der Waals surface area contributed by atoms with Gasteiger partial charge in [0.2, 0.25) is 0 Å². The summed E-state index contributed by atoms with van der Waals surface area (Å²) in [4.78, 5) is 11.3. The molecule has 0 aliphatic heterocycles. The zero-order valence-corrected chi connectivity index (χ0v) is 14.4. The molecular formula is C16H17BrClN3. The number of rotatable bonds is 4. The minimum absolute atomic E-state index is 0.501. The first-order valence-electron chi connectivity index (χ1n) is 7.04. The molecule has 0 saturated heterocycles. The molecule has 2 aromatic rings. The molecule has 3 rings (SSSR count). The lowest BCUT2D eigenvalue weighted by molar-refractivity contribution is 0.844. The highest BCUT2D eigenvalue weighted by Gasteiger charge is 2.28. The third kappa shape index (κ3) is 3.38. The number of aromatic nitrogens is 2. The first-order chi connectivity index (χ1) is 10.0. The van der Waals surface area contributed by atoms with E-state index in [1.165, 1.54) is 18.4 Å². The molecule has 1 saturated carbocycles. The molecule has 0 bridgehead atoms. The van der Waals surface area contributed by atoms with Crippen molar-refractivity contribution < 1.29 is 0 Å². The van der Waals surface area contributed by atoms with Gasteiger partial charge in [0.05, 0.1) is 0 Å². The van der Waals surface area contributed by atoms with Gasteiger partial charge in [-0.1, -0.05) is 39.7 Å². The van der Waals surface area contributed by atoms with Crippen molar-refractivity contribution in [3.05, 3.63) is 50.8 Å². The van der Waals surface area contributed by atoms with Crippen LogP contribution in [-0.4, -0.2) is 17.0 Å². The van der Waals surface area contributed by atoms with E-state index in [4.69, 9.17) is 16.6 Å². The van der Waals surface area contributed by atoms with Gasteiger partial charge in [0, 0.05) is 29.5 Å². The van der Waals surface area contributed by atoms with Crippen LogP contribution in [0, 0.1) is 6.92 Å². The molecule has 3 nitrogen and oxygen atoms in total. The summed E-state index contributed by atoms with van der Waals surface area (Å²) in [5.74, 6) is 2.32. The molecule has 1 fully saturated rings. The SMILES string of the molecule is Cc1c(Cl)nc(C2CC2)nc1N(C)Cc1cccc(Br)c1. The third-order valence-corrected chi connectivity index (χ3v) is 4.55. The van der Waals surface area contributed by atoms with Crippen LogP contribution in [0.2, 0.25) is 5.15 Å². The molecule has 0 atom stereocenters. The summed E-state index contributed by atoms with van der Waals surface area (Å²) in [5.41, 5.74) is 2.17. The summed E-state index contributed by atoms with van der Waals surface area (Å²) < 4.78 is 1.09. The van der Waals surface area contributed by atoms with Gasteiger partial charge < -0.3 is 4.90 Å². The van der Waals surface area contributed by atoms with Gasteiger partial charge in [0.1, 0.15) is 16.8 Å². The lowest BCUT2D eigenvalue weighted by Gasteiger charge is -2.21. The molecular weight excluding hydrogens is 350 g/mol. The second-order valence-corrected chi connectivity index (χ2v) is 6.86. The summed E-state index contributed by atoms with van der Waals surface area (Å²) in [6.45, 7) is 2.77. The second kappa shape index (κ2) is 5.93. The van der Waals surface area contributed by atoms with E-state index in [1.807, 2.05) is 26.1 Å². The van der Waals surface area contributed by atoms with E-state index in [0.717, 1.165) is 28.2 Å². The van der Waals surface area contributed by atoms with Crippen molar-refractivity contribution in [3.63, 3.8) is 0 Å². The van der Waals surface area contributed by atoms with Gasteiger partial charge in [-0.3, -0.25) is 0 Å². The Hall–Kier alpha value is -1.13. The van der Waals surface area contributed by atoms with Crippen LogP contribution in [0.1, 0.15) is 35.7 Å². The van der Waals surface area contributed by atoms with Crippen LogP contribution in [0.25, 0.3) is 0 Å². The molecule has 0 N–H and O–H groups in total. The van der Waals surface area contributed by atoms with Crippen molar-refractivity contribution in [1.82, 2.24) is 9.97 Å². The zero-order chi connectivity index (χ0) is 15.0. The molecule has 0 spiro atoms. The van der Waals surface area contributed by atoms with Crippen molar-refractivity contribution in [2.45, 2.75) is 32.2 Å². The summed E-state index contributed by atoms with van der Waals surface area (Å²) in [6.07, 6.45) is 2.35. The van der Waals surface area contributed by atoms with Gasteiger partial charge in [-0.25, -0.2) is 9.97 Å². The Labute approximate surface area is 138 Å². The number of hydrogen-bond acceptors (Lipinski definition) is 3. The molecule has 0 unspecified atom stereocenters. The van der Waals surface area contributed by atoms with Gasteiger partial charge in [-0.05, 0) is 37.5 Å². The Morgan fingerprint density at radius 1 is 1.33 bits per heavy atom. The van der Waals surface area contributed by atoms with Gasteiger partial charge >= 0.3 is 0 Å². The predicted octanol–water partition coefficient (Wildman–Crippen LogP) is 4.71. The Morgan fingerprint density at radius 3 is 2.76 bits per heavy atom. The van der Waals surface area contributed by atoms with E-state index in [2.05, 4.69) is 37.9 Å². The lowest BCUT2D eigenvalue weighted by atomic mass is 10.2. The highest BCUT2D eigenvalue weighted by molar-refractivity contribution is 9.10. The van der Waals surface area contributed by atoms with Crippen LogP contribution in [0.3, 0.4) is 0 Å². The van der Waals surface area contributed by atoms with E-state index >= 15 is 0 Å². The smallest absolute Gasteiger partial charge is 0.137 e. The van der Waals surface area contributed by atoms with Crippen molar-refractivity contribution in [3.8, 4) is 0 Å². The third-order valence-electron chi connectivity index (χ3n) is 3.69. The van der Waals surface area contributed by atoms with E-state index in [1.54, 1.807) is 0 Å². The standard InChI is InChI=1S/C16H17BrClN3/c1-10-14(18)19-15(12-6-7-12)20-16(10)21(2)9-11-4-3-5-13(17)8-11/h3-5,8,12H,6-7,9H2,1-2H3. The number of benzene rings is 1. The average molecular weight is 367 g/mol. The number of anilines is 1. The van der Waals surface area contributed by atoms with Crippen LogP contribution in [0.5, 0.6) is 0 Å². The number of hydrogen-bond donors (Lipinski definition) is 0. The molecule has 5 heteroatoms. The van der Waals surface area contributed by atoms with Crippen LogP contribution in [-0.2, 0) is 6.54 Å². The molecule has 0 amide bonds. The molecule has 1 aliphatic carbocycles. The normalized spacial score (nSPS) is 14.3. The van der Waals surface area contributed by atoms with Crippen molar-refractivity contribution in [2.24, 2.45) is 0 Å². The van der Waals surface area contributed by atoms with Gasteiger partial charge in [0.25, 0.3) is 0 Å². The Kier molecular flexibility index (Phi) is 4.18. The maximum absolute atomic E-state index is 6.28. The molecule has 110 valence electrons. The maximum Gasteiger partial charge on any atom is 0.137 e. The van der Waals surface area contributed by atoms with E-state index < -0.39 is 0 Å². The Balaban J connectivity index is 1.88. The Bertz CT molecular complexity index is 671. The minimum Gasteiger partial charge on any atom is -0.355 e. The first kappa shape index (κ1) is 14.8. The summed E-state index contributed by atoms with van der Waals surface area (Å²) in [6, 6.07) is 8.31. The van der Waals surface area contributed by atoms with Crippen LogP contribution in [0.4, 0.5) is 5.82 Å². The molecule has 1 aromatic heterocycles. The summed E-state index contributed by atoms with van der Waals surface area (Å²) >= 11 is 9.79. The fourth-order valence-electron chi connectivity index (χ4n) is 2.37. The van der Waals surface area contributed by atoms with Gasteiger partial charge in [-0.15, -0.1) is 0 Å². The van der Waals surface area contributed by atoms with Crippen LogP contribution < -0.4 is 4.90 Å². The number of halogens is 2. The monoisotopic (exact) mass is 365 g/mol. The largest absolute Gasteiger partial charge is 0.355 e. The topological polar surface area (TPSA) is 29.0 Å². The lowest BCUT2D eigenvalue weighted by Crippen LogP contribution is -2.20. The first-order valence-corrected chi connectivity index (χ1v) is 8.21. The van der Waals surface area contributed by atoms with Gasteiger partial charge in [0.15, 0.2) is 0 Å². The van der Waals surface area contributed by atoms with Crippen molar-refractivity contribution in [1.29, 1.82) is 0 Å². The van der Waals surface area contributed by atoms with E-state index in [0.29, 0.717) is 11.1 Å². The van der Waals surface area contributed by atoms with Gasteiger partial charge in [-0.2, -0.15) is 0 Å². The highest BCUT2D eigenvalue weighted by atomic mass is 79.9. The quantitative estimate of drug-likeness (QED) is 0.733. The van der Waals surface area contributed by atoms with Crippen LogP contribution in [0.15, 0.2) is 28.7 Å². The average Bonchev–Trinajstić information content (AvgIpc) is 3.26. The van der Waals surface area contributed by atoms with Crippen molar-refractivity contribution in [2.75, 3.05) is 11.9 Å². The fraction of sp³-hybridized carbons (Fsp3) is 0.375. The zero-order valence-electron chi connectivity index (χ0n) is 12.1. The highest BCUT2D eigenvalue weighted by Crippen LogP contribution is 2.39. The molecule has 1 aromatic carbocycles. The predicted molar refractivity (Wildman–Crippen MR) is 90.0 cm³/mol. The second-order valence-electron chi connectivity index (χ2n) is 5.58. The van der Waals surface area contributed by atoms with Crippen LogP contribution >= 0.6 is 27.5 Å². The maximum atomic E-state index is 6.28. The minimum atomic E-state index is 0.501. The molecule has 21 heavy (non-hydrogen) atoms. The van der Waals surface area contributed by atoms with Crippen molar-refractivity contribution >= 4 is 33.3 Å². The van der Waals surface area contributed by atoms with E-state index in [9.17, 15) is 0 Å². The Morgan fingerprint density at radius 2 is 2.10 bits per heavy atom. The molecule has 1 heterocycles. The van der Waals surface area contributed by atoms with E-state index in [-0.39, 0.29) is 0 Å². The molecule has 0 radical (unpaired) electrons. The fourth-order valence-corrected chi connectivity index (χ4v) is 2.99. The summed E-state index contributed by atoms with van der Waals surface area (Å²) in [7, 11) is 2.04. The molecule has 1 aliphatic rings.